The van der Waals surface area contributed by atoms with Gasteiger partial charge in [-0.1, -0.05) is 11.6 Å². The van der Waals surface area contributed by atoms with Crippen LogP contribution in [0.5, 0.6) is 11.5 Å². The van der Waals surface area contributed by atoms with Gasteiger partial charge < -0.3 is 20.5 Å². The second kappa shape index (κ2) is 10.4. The Kier molecular flexibility index (Phi) is 7.60. The summed E-state index contributed by atoms with van der Waals surface area (Å²) >= 11 is 5.90. The van der Waals surface area contributed by atoms with Crippen LogP contribution in [0.4, 0.5) is 4.79 Å². The second-order valence-electron chi connectivity index (χ2n) is 8.58. The van der Waals surface area contributed by atoms with Crippen LogP contribution in [0.15, 0.2) is 54.6 Å². The zero-order valence-corrected chi connectivity index (χ0v) is 19.5. The second-order valence-corrected chi connectivity index (χ2v) is 9.01. The average Bonchev–Trinajstić information content (AvgIpc) is 3.16. The summed E-state index contributed by atoms with van der Waals surface area (Å²) in [6.45, 7) is 5.30. The van der Waals surface area contributed by atoms with Crippen LogP contribution in [-0.2, 0) is 16.0 Å². The standard InChI is InChI=1S/C24H27ClN4O4/c1-24(2,3)33-23(31)27-17(14-22(26)30)12-18-13-21(29-28-18)15-4-8-19(9-5-15)32-20-10-6-16(25)7-11-20/h4-11,13,17H,12,14H2,1-3H3,(H2,26,30)(H,27,31)(H,28,29)/t17-/m1/s1. The third-order valence-electron chi connectivity index (χ3n) is 4.47. The predicted octanol–water partition coefficient (Wildman–Crippen LogP) is 4.83. The lowest BCUT2D eigenvalue weighted by atomic mass is 10.1. The molecule has 4 N–H and O–H groups in total. The van der Waals surface area contributed by atoms with Gasteiger partial charge in [0.1, 0.15) is 17.1 Å². The Hall–Kier alpha value is -3.52. The van der Waals surface area contributed by atoms with Gasteiger partial charge in [-0.05, 0) is 75.4 Å². The summed E-state index contributed by atoms with van der Waals surface area (Å²) in [5.41, 5.74) is 7.05. The summed E-state index contributed by atoms with van der Waals surface area (Å²) in [6, 6.07) is 15.9. The van der Waals surface area contributed by atoms with E-state index in [-0.39, 0.29) is 6.42 Å². The molecular weight excluding hydrogens is 444 g/mol. The predicted molar refractivity (Wildman–Crippen MR) is 126 cm³/mol. The molecule has 8 nitrogen and oxygen atoms in total. The Morgan fingerprint density at radius 3 is 2.27 bits per heavy atom. The van der Waals surface area contributed by atoms with Crippen LogP contribution < -0.4 is 15.8 Å². The molecule has 0 fully saturated rings. The van der Waals surface area contributed by atoms with Crippen LogP contribution in [0, 0.1) is 0 Å². The molecular formula is C24H27ClN4O4. The highest BCUT2D eigenvalue weighted by atomic mass is 35.5. The quantitative estimate of drug-likeness (QED) is 0.435. The Morgan fingerprint density at radius 2 is 1.70 bits per heavy atom. The van der Waals surface area contributed by atoms with Crippen molar-refractivity contribution < 1.29 is 19.1 Å². The first-order valence-electron chi connectivity index (χ1n) is 10.4. The smallest absolute Gasteiger partial charge is 0.407 e. The Bertz CT molecular complexity index is 1090. The Labute approximate surface area is 197 Å². The maximum absolute atomic E-state index is 12.1. The molecule has 3 aromatic rings. The minimum absolute atomic E-state index is 0.0235. The van der Waals surface area contributed by atoms with E-state index in [1.54, 1.807) is 45.0 Å². The average molecular weight is 471 g/mol. The van der Waals surface area contributed by atoms with E-state index < -0.39 is 23.6 Å². The van der Waals surface area contributed by atoms with Crippen molar-refractivity contribution in [2.45, 2.75) is 45.3 Å². The first-order valence-corrected chi connectivity index (χ1v) is 10.8. The number of halogens is 1. The van der Waals surface area contributed by atoms with Gasteiger partial charge in [0.05, 0.1) is 5.69 Å². The van der Waals surface area contributed by atoms with Crippen LogP contribution >= 0.6 is 11.6 Å². The molecule has 174 valence electrons. The van der Waals surface area contributed by atoms with Gasteiger partial charge >= 0.3 is 6.09 Å². The number of amides is 2. The van der Waals surface area contributed by atoms with Gasteiger partial charge in [-0.3, -0.25) is 9.89 Å². The molecule has 2 aromatic carbocycles. The molecule has 1 heterocycles. The number of carbonyl (C=O) groups is 2. The van der Waals surface area contributed by atoms with Crippen molar-refractivity contribution >= 4 is 23.6 Å². The molecule has 3 rings (SSSR count). The number of alkyl carbamates (subject to hydrolysis) is 1. The van der Waals surface area contributed by atoms with Crippen LogP contribution in [0.25, 0.3) is 11.3 Å². The highest BCUT2D eigenvalue weighted by Gasteiger charge is 2.21. The number of hydrogen-bond donors (Lipinski definition) is 3. The van der Waals surface area contributed by atoms with Crippen molar-refractivity contribution in [1.29, 1.82) is 0 Å². The zero-order chi connectivity index (χ0) is 24.0. The van der Waals surface area contributed by atoms with E-state index in [1.807, 2.05) is 30.3 Å². The van der Waals surface area contributed by atoms with Crippen molar-refractivity contribution in [2.24, 2.45) is 5.73 Å². The SMILES string of the molecule is CC(C)(C)OC(=O)N[C@@H](CC(N)=O)Cc1cc(-c2ccc(Oc3ccc(Cl)cc3)cc2)n[nH]1. The number of aromatic nitrogens is 2. The van der Waals surface area contributed by atoms with Gasteiger partial charge in [0, 0.05) is 35.2 Å². The molecule has 33 heavy (non-hydrogen) atoms. The van der Waals surface area contributed by atoms with Crippen LogP contribution in [-0.4, -0.2) is 33.8 Å². The highest BCUT2D eigenvalue weighted by Crippen LogP contribution is 2.26. The summed E-state index contributed by atoms with van der Waals surface area (Å²) in [6.07, 6.45) is -0.290. The van der Waals surface area contributed by atoms with Gasteiger partial charge in [0.15, 0.2) is 0 Å². The Balaban J connectivity index is 1.65. The molecule has 0 unspecified atom stereocenters. The van der Waals surface area contributed by atoms with Crippen molar-refractivity contribution in [2.75, 3.05) is 0 Å². The van der Waals surface area contributed by atoms with Gasteiger partial charge in [0.25, 0.3) is 0 Å². The largest absolute Gasteiger partial charge is 0.457 e. The lowest BCUT2D eigenvalue weighted by molar-refractivity contribution is -0.118. The fourth-order valence-electron chi connectivity index (χ4n) is 3.10. The maximum Gasteiger partial charge on any atom is 0.407 e. The third kappa shape index (κ3) is 7.84. The van der Waals surface area contributed by atoms with E-state index in [1.165, 1.54) is 0 Å². The molecule has 0 radical (unpaired) electrons. The lowest BCUT2D eigenvalue weighted by Crippen LogP contribution is -2.42. The summed E-state index contributed by atoms with van der Waals surface area (Å²) in [5, 5.41) is 10.6. The summed E-state index contributed by atoms with van der Waals surface area (Å²) in [5.74, 6) is 0.846. The number of aromatic amines is 1. The number of benzene rings is 2. The van der Waals surface area contributed by atoms with E-state index in [0.717, 1.165) is 17.0 Å². The molecule has 0 saturated heterocycles. The first-order chi connectivity index (χ1) is 15.6. The molecule has 1 atom stereocenters. The van der Waals surface area contributed by atoms with Gasteiger partial charge in [-0.15, -0.1) is 0 Å². The molecule has 0 spiro atoms. The topological polar surface area (TPSA) is 119 Å². The lowest BCUT2D eigenvalue weighted by Gasteiger charge is -2.22. The van der Waals surface area contributed by atoms with Gasteiger partial charge in [-0.25, -0.2) is 4.79 Å². The number of nitrogens with one attached hydrogen (secondary N) is 2. The number of nitrogens with zero attached hydrogens (tertiary/aromatic N) is 1. The third-order valence-corrected chi connectivity index (χ3v) is 4.72. The van der Waals surface area contributed by atoms with E-state index in [0.29, 0.717) is 22.9 Å². The summed E-state index contributed by atoms with van der Waals surface area (Å²) in [4.78, 5) is 23.6. The molecule has 9 heteroatoms. The fraction of sp³-hybridized carbons (Fsp3) is 0.292. The molecule has 0 bridgehead atoms. The van der Waals surface area contributed by atoms with Crippen molar-refractivity contribution in [3.63, 3.8) is 0 Å². The number of hydrogen-bond acceptors (Lipinski definition) is 5. The molecule has 1 aromatic heterocycles. The number of rotatable bonds is 8. The van der Waals surface area contributed by atoms with E-state index in [9.17, 15) is 9.59 Å². The van der Waals surface area contributed by atoms with Crippen LogP contribution in [0.1, 0.15) is 32.9 Å². The minimum Gasteiger partial charge on any atom is -0.457 e. The van der Waals surface area contributed by atoms with Crippen molar-refractivity contribution in [1.82, 2.24) is 15.5 Å². The molecule has 0 aliphatic rings. The van der Waals surface area contributed by atoms with E-state index in [2.05, 4.69) is 15.5 Å². The number of H-pyrrole nitrogens is 1. The maximum atomic E-state index is 12.1. The molecule has 0 saturated carbocycles. The normalized spacial score (nSPS) is 12.1. The first kappa shape index (κ1) is 24.1. The molecule has 0 aliphatic carbocycles. The molecule has 0 aliphatic heterocycles. The summed E-state index contributed by atoms with van der Waals surface area (Å²) < 4.78 is 11.1. The van der Waals surface area contributed by atoms with Gasteiger partial charge in [0.2, 0.25) is 5.91 Å². The van der Waals surface area contributed by atoms with Gasteiger partial charge in [-0.2, -0.15) is 5.10 Å². The highest BCUT2D eigenvalue weighted by molar-refractivity contribution is 6.30. The summed E-state index contributed by atoms with van der Waals surface area (Å²) in [7, 11) is 0. The van der Waals surface area contributed by atoms with E-state index in [4.69, 9.17) is 26.8 Å². The fourth-order valence-corrected chi connectivity index (χ4v) is 3.23. The minimum atomic E-state index is -0.647. The van der Waals surface area contributed by atoms with E-state index >= 15 is 0 Å². The van der Waals surface area contributed by atoms with Crippen molar-refractivity contribution in [3.8, 4) is 22.8 Å². The monoisotopic (exact) mass is 470 g/mol. The van der Waals surface area contributed by atoms with Crippen molar-refractivity contribution in [3.05, 3.63) is 65.3 Å². The molecule has 2 amide bonds. The number of ether oxygens (including phenoxy) is 2. The number of nitrogens with two attached hydrogens (primary N) is 1. The zero-order valence-electron chi connectivity index (χ0n) is 18.7. The number of carbonyl (C=O) groups excluding carboxylic acids is 2. The van der Waals surface area contributed by atoms with Crippen LogP contribution in [0.3, 0.4) is 0 Å². The van der Waals surface area contributed by atoms with Crippen LogP contribution in [0.2, 0.25) is 5.02 Å². The Morgan fingerprint density at radius 1 is 1.09 bits per heavy atom. The number of primary amides is 1.